The van der Waals surface area contributed by atoms with E-state index < -0.39 is 0 Å². The molecular weight excluding hydrogens is 276 g/mol. The van der Waals surface area contributed by atoms with Crippen LogP contribution in [0.1, 0.15) is 34.8 Å². The Morgan fingerprint density at radius 1 is 1.05 bits per heavy atom. The molecule has 0 fully saturated rings. The standard InChI is InChI=1S/C18H20N2O2/c1-4-17(14-9-11-16(22-3)12-10-14)19-20-18(21)15-7-5-13(2)6-8-15/h5-12H,4H2,1-3H3,(H,20,21). The van der Waals surface area contributed by atoms with Crippen molar-refractivity contribution in [2.45, 2.75) is 20.3 Å². The maximum Gasteiger partial charge on any atom is 0.271 e. The summed E-state index contributed by atoms with van der Waals surface area (Å²) < 4.78 is 5.14. The number of rotatable bonds is 5. The Balaban J connectivity index is 2.11. The van der Waals surface area contributed by atoms with E-state index in [1.165, 1.54) is 0 Å². The molecule has 1 N–H and O–H groups in total. The van der Waals surface area contributed by atoms with Crippen LogP contribution in [0, 0.1) is 6.92 Å². The molecule has 114 valence electrons. The SMILES string of the molecule is CCC(=NNC(=O)c1ccc(C)cc1)c1ccc(OC)cc1. The molecule has 0 aliphatic carbocycles. The zero-order chi connectivity index (χ0) is 15.9. The number of aryl methyl sites for hydroxylation is 1. The van der Waals surface area contributed by atoms with Crippen LogP contribution in [0.2, 0.25) is 0 Å². The fourth-order valence-corrected chi connectivity index (χ4v) is 2.02. The summed E-state index contributed by atoms with van der Waals surface area (Å²) in [5, 5.41) is 4.24. The molecule has 0 aliphatic rings. The van der Waals surface area contributed by atoms with E-state index in [1.54, 1.807) is 19.2 Å². The molecule has 0 heterocycles. The van der Waals surface area contributed by atoms with Gasteiger partial charge in [0.25, 0.3) is 5.91 Å². The van der Waals surface area contributed by atoms with Gasteiger partial charge in [-0.15, -0.1) is 0 Å². The summed E-state index contributed by atoms with van der Waals surface area (Å²) in [6.45, 7) is 3.99. The van der Waals surface area contributed by atoms with Gasteiger partial charge in [-0.2, -0.15) is 5.10 Å². The largest absolute Gasteiger partial charge is 0.497 e. The lowest BCUT2D eigenvalue weighted by Gasteiger charge is -2.07. The number of carbonyl (C=O) groups excluding carboxylic acids is 1. The van der Waals surface area contributed by atoms with Crippen molar-refractivity contribution in [1.29, 1.82) is 0 Å². The summed E-state index contributed by atoms with van der Waals surface area (Å²) >= 11 is 0. The van der Waals surface area contributed by atoms with E-state index in [9.17, 15) is 4.79 Å². The number of methoxy groups -OCH3 is 1. The van der Waals surface area contributed by atoms with Gasteiger partial charge in [-0.05, 0) is 55.3 Å². The molecule has 2 aromatic rings. The summed E-state index contributed by atoms with van der Waals surface area (Å²) in [6.07, 6.45) is 0.723. The smallest absolute Gasteiger partial charge is 0.271 e. The molecule has 0 unspecified atom stereocenters. The molecule has 0 radical (unpaired) electrons. The van der Waals surface area contributed by atoms with Gasteiger partial charge in [0.15, 0.2) is 0 Å². The molecular formula is C18H20N2O2. The first kappa shape index (κ1) is 15.8. The third-order valence-electron chi connectivity index (χ3n) is 3.36. The van der Waals surface area contributed by atoms with Gasteiger partial charge in [-0.1, -0.05) is 24.6 Å². The van der Waals surface area contributed by atoms with Gasteiger partial charge in [0.05, 0.1) is 12.8 Å². The first-order chi connectivity index (χ1) is 10.6. The number of hydrogen-bond donors (Lipinski definition) is 1. The number of nitrogens with zero attached hydrogens (tertiary/aromatic N) is 1. The normalized spacial score (nSPS) is 11.1. The first-order valence-corrected chi connectivity index (χ1v) is 7.22. The van der Waals surface area contributed by atoms with Crippen LogP contribution in [-0.4, -0.2) is 18.7 Å². The predicted octanol–water partition coefficient (Wildman–Crippen LogP) is 3.55. The van der Waals surface area contributed by atoms with E-state index in [4.69, 9.17) is 4.74 Å². The molecule has 0 saturated carbocycles. The van der Waals surface area contributed by atoms with E-state index in [2.05, 4.69) is 10.5 Å². The van der Waals surface area contributed by atoms with Crippen molar-refractivity contribution in [3.05, 3.63) is 65.2 Å². The van der Waals surface area contributed by atoms with Gasteiger partial charge < -0.3 is 4.74 Å². The second-order valence-electron chi connectivity index (χ2n) is 4.95. The van der Waals surface area contributed by atoms with E-state index in [1.807, 2.05) is 50.2 Å². The van der Waals surface area contributed by atoms with Crippen LogP contribution in [0.4, 0.5) is 0 Å². The van der Waals surface area contributed by atoms with E-state index >= 15 is 0 Å². The predicted molar refractivity (Wildman–Crippen MR) is 88.5 cm³/mol. The molecule has 22 heavy (non-hydrogen) atoms. The second kappa shape index (κ2) is 7.41. The number of nitrogens with one attached hydrogen (secondary N) is 1. The Bertz CT molecular complexity index is 658. The van der Waals surface area contributed by atoms with E-state index in [0.29, 0.717) is 5.56 Å². The third-order valence-corrected chi connectivity index (χ3v) is 3.36. The molecule has 2 rings (SSSR count). The molecule has 0 aliphatic heterocycles. The lowest BCUT2D eigenvalue weighted by atomic mass is 10.1. The van der Waals surface area contributed by atoms with E-state index in [0.717, 1.165) is 29.0 Å². The molecule has 4 heteroatoms. The zero-order valence-corrected chi connectivity index (χ0v) is 13.1. The summed E-state index contributed by atoms with van der Waals surface area (Å²) in [5.74, 6) is 0.586. The number of carbonyl (C=O) groups is 1. The summed E-state index contributed by atoms with van der Waals surface area (Å²) in [5.41, 5.74) is 6.12. The van der Waals surface area contributed by atoms with Crippen LogP contribution in [0.25, 0.3) is 0 Å². The average Bonchev–Trinajstić information content (AvgIpc) is 2.56. The highest BCUT2D eigenvalue weighted by Crippen LogP contribution is 2.13. The zero-order valence-electron chi connectivity index (χ0n) is 13.1. The Labute approximate surface area is 130 Å². The quantitative estimate of drug-likeness (QED) is 0.677. The van der Waals surface area contributed by atoms with Crippen molar-refractivity contribution in [2.75, 3.05) is 7.11 Å². The minimum Gasteiger partial charge on any atom is -0.497 e. The average molecular weight is 296 g/mol. The van der Waals surface area contributed by atoms with Crippen LogP contribution in [-0.2, 0) is 0 Å². The van der Waals surface area contributed by atoms with Crippen LogP contribution in [0.15, 0.2) is 53.6 Å². The molecule has 0 aromatic heterocycles. The molecule has 0 bridgehead atoms. The fraction of sp³-hybridized carbons (Fsp3) is 0.222. The van der Waals surface area contributed by atoms with Crippen LogP contribution in [0.5, 0.6) is 5.75 Å². The van der Waals surface area contributed by atoms with Gasteiger partial charge in [-0.3, -0.25) is 4.79 Å². The van der Waals surface area contributed by atoms with Crippen LogP contribution in [0.3, 0.4) is 0 Å². The van der Waals surface area contributed by atoms with Crippen molar-refractivity contribution in [3.8, 4) is 5.75 Å². The van der Waals surface area contributed by atoms with Crippen molar-refractivity contribution >= 4 is 11.6 Å². The van der Waals surface area contributed by atoms with Gasteiger partial charge in [0.1, 0.15) is 5.75 Å². The molecule has 1 amide bonds. The Morgan fingerprint density at radius 3 is 2.18 bits per heavy atom. The Kier molecular flexibility index (Phi) is 5.31. The highest BCUT2D eigenvalue weighted by Gasteiger charge is 2.06. The highest BCUT2D eigenvalue weighted by molar-refractivity contribution is 6.02. The van der Waals surface area contributed by atoms with E-state index in [-0.39, 0.29) is 5.91 Å². The topological polar surface area (TPSA) is 50.7 Å². The molecule has 2 aromatic carbocycles. The summed E-state index contributed by atoms with van der Waals surface area (Å²) in [6, 6.07) is 15.0. The Morgan fingerprint density at radius 2 is 1.64 bits per heavy atom. The van der Waals surface area contributed by atoms with Gasteiger partial charge in [-0.25, -0.2) is 5.43 Å². The highest BCUT2D eigenvalue weighted by atomic mass is 16.5. The number of ether oxygens (including phenoxy) is 1. The Hall–Kier alpha value is -2.62. The minimum absolute atomic E-state index is 0.209. The summed E-state index contributed by atoms with van der Waals surface area (Å²) in [4.78, 5) is 12.1. The van der Waals surface area contributed by atoms with Gasteiger partial charge in [0.2, 0.25) is 0 Å². The maximum atomic E-state index is 12.1. The fourth-order valence-electron chi connectivity index (χ4n) is 2.02. The van der Waals surface area contributed by atoms with Crippen molar-refractivity contribution in [2.24, 2.45) is 5.10 Å². The summed E-state index contributed by atoms with van der Waals surface area (Å²) in [7, 11) is 1.63. The molecule has 0 saturated heterocycles. The number of hydrogen-bond acceptors (Lipinski definition) is 3. The minimum atomic E-state index is -0.209. The van der Waals surface area contributed by atoms with Crippen molar-refractivity contribution in [1.82, 2.24) is 5.43 Å². The monoisotopic (exact) mass is 296 g/mol. The second-order valence-corrected chi connectivity index (χ2v) is 4.95. The van der Waals surface area contributed by atoms with Gasteiger partial charge in [0, 0.05) is 5.56 Å². The van der Waals surface area contributed by atoms with Crippen LogP contribution < -0.4 is 10.2 Å². The maximum absolute atomic E-state index is 12.1. The van der Waals surface area contributed by atoms with Crippen LogP contribution >= 0.6 is 0 Å². The molecule has 0 spiro atoms. The lowest BCUT2D eigenvalue weighted by molar-refractivity contribution is 0.0955. The number of hydrazone groups is 1. The molecule has 0 atom stereocenters. The first-order valence-electron chi connectivity index (χ1n) is 7.22. The molecule has 4 nitrogen and oxygen atoms in total. The van der Waals surface area contributed by atoms with Crippen molar-refractivity contribution < 1.29 is 9.53 Å². The van der Waals surface area contributed by atoms with Gasteiger partial charge >= 0.3 is 0 Å². The number of benzene rings is 2. The lowest BCUT2D eigenvalue weighted by Crippen LogP contribution is -2.19. The third kappa shape index (κ3) is 3.95. The van der Waals surface area contributed by atoms with Crippen molar-refractivity contribution in [3.63, 3.8) is 0 Å². The number of amides is 1.